The first-order valence-corrected chi connectivity index (χ1v) is 6.87. The minimum absolute atomic E-state index is 0.253. The van der Waals surface area contributed by atoms with Crippen LogP contribution in [0, 0.1) is 5.92 Å². The van der Waals surface area contributed by atoms with Crippen LogP contribution in [0.3, 0.4) is 0 Å². The highest BCUT2D eigenvalue weighted by atomic mass is 32.1. The van der Waals surface area contributed by atoms with Crippen molar-refractivity contribution in [1.29, 1.82) is 0 Å². The van der Waals surface area contributed by atoms with Gasteiger partial charge in [-0.05, 0) is 18.8 Å². The predicted octanol–water partition coefficient (Wildman–Crippen LogP) is 2.13. The maximum Gasteiger partial charge on any atom is 0.0959 e. The van der Waals surface area contributed by atoms with Crippen LogP contribution in [0.5, 0.6) is 0 Å². The number of aromatic nitrogens is 1. The molecule has 4 heteroatoms. The number of nitrogens with one attached hydrogen (secondary N) is 1. The number of nitrogens with zero attached hydrogens (tertiary/aromatic N) is 1. The standard InChI is InChI=1S/C12H20N2OS/c1-9(8-15)5-13-6-11-7-14-12(16-11)10-3-2-4-10/h7,9-10,13,15H,2-6,8H2,1H3. The average molecular weight is 240 g/mol. The molecule has 2 N–H and O–H groups in total. The highest BCUT2D eigenvalue weighted by Gasteiger charge is 2.22. The van der Waals surface area contributed by atoms with Crippen LogP contribution in [0.15, 0.2) is 6.20 Å². The zero-order valence-electron chi connectivity index (χ0n) is 9.78. The van der Waals surface area contributed by atoms with Gasteiger partial charge in [0.2, 0.25) is 0 Å². The molecule has 3 nitrogen and oxygen atoms in total. The van der Waals surface area contributed by atoms with E-state index in [1.807, 2.05) is 24.5 Å². The van der Waals surface area contributed by atoms with Gasteiger partial charge >= 0.3 is 0 Å². The zero-order valence-corrected chi connectivity index (χ0v) is 10.6. The summed E-state index contributed by atoms with van der Waals surface area (Å²) < 4.78 is 0. The molecule has 1 aliphatic carbocycles. The number of hydrogen-bond acceptors (Lipinski definition) is 4. The molecule has 1 aliphatic rings. The first-order valence-electron chi connectivity index (χ1n) is 6.05. The van der Waals surface area contributed by atoms with Crippen LogP contribution in [0.4, 0.5) is 0 Å². The van der Waals surface area contributed by atoms with Crippen LogP contribution in [0.1, 0.15) is 42.0 Å². The van der Waals surface area contributed by atoms with Gasteiger partial charge < -0.3 is 10.4 Å². The number of rotatable bonds is 6. The van der Waals surface area contributed by atoms with Crippen LogP contribution < -0.4 is 5.32 Å². The Bertz CT molecular complexity index is 323. The van der Waals surface area contributed by atoms with Gasteiger partial charge in [-0.2, -0.15) is 0 Å². The van der Waals surface area contributed by atoms with Gasteiger partial charge in [-0.15, -0.1) is 11.3 Å². The van der Waals surface area contributed by atoms with Crippen molar-refractivity contribution in [2.75, 3.05) is 13.2 Å². The average Bonchev–Trinajstić information content (AvgIpc) is 2.63. The predicted molar refractivity (Wildman–Crippen MR) is 66.7 cm³/mol. The highest BCUT2D eigenvalue weighted by molar-refractivity contribution is 7.11. The van der Waals surface area contributed by atoms with Crippen molar-refractivity contribution in [2.24, 2.45) is 5.92 Å². The third-order valence-electron chi connectivity index (χ3n) is 3.13. The van der Waals surface area contributed by atoms with Gasteiger partial charge in [0.25, 0.3) is 0 Å². The van der Waals surface area contributed by atoms with Gasteiger partial charge in [-0.25, -0.2) is 4.98 Å². The lowest BCUT2D eigenvalue weighted by Gasteiger charge is -2.22. The summed E-state index contributed by atoms with van der Waals surface area (Å²) in [6.45, 7) is 4.05. The fourth-order valence-electron chi connectivity index (χ4n) is 1.75. The molecule has 1 aromatic heterocycles. The topological polar surface area (TPSA) is 45.1 Å². The van der Waals surface area contributed by atoms with E-state index in [1.165, 1.54) is 29.1 Å². The smallest absolute Gasteiger partial charge is 0.0959 e. The van der Waals surface area contributed by atoms with Gasteiger partial charge in [-0.3, -0.25) is 0 Å². The normalized spacial score (nSPS) is 18.4. The molecule has 0 radical (unpaired) electrons. The quantitative estimate of drug-likeness (QED) is 0.800. The molecule has 2 rings (SSSR count). The van der Waals surface area contributed by atoms with E-state index in [-0.39, 0.29) is 6.61 Å². The Labute approximate surface area is 101 Å². The lowest BCUT2D eigenvalue weighted by molar-refractivity contribution is 0.233. The van der Waals surface area contributed by atoms with E-state index in [1.54, 1.807) is 0 Å². The van der Waals surface area contributed by atoms with Crippen molar-refractivity contribution in [3.63, 3.8) is 0 Å². The Hall–Kier alpha value is -0.450. The Morgan fingerprint density at radius 1 is 1.62 bits per heavy atom. The maximum absolute atomic E-state index is 8.90. The van der Waals surface area contributed by atoms with E-state index in [0.29, 0.717) is 5.92 Å². The van der Waals surface area contributed by atoms with Crippen LogP contribution in [0.25, 0.3) is 0 Å². The second kappa shape index (κ2) is 5.75. The number of aliphatic hydroxyl groups is 1. The first kappa shape index (κ1) is 12.0. The summed E-state index contributed by atoms with van der Waals surface area (Å²) in [5.74, 6) is 1.08. The summed E-state index contributed by atoms with van der Waals surface area (Å²) in [6, 6.07) is 0. The largest absolute Gasteiger partial charge is 0.396 e. The maximum atomic E-state index is 8.90. The van der Waals surface area contributed by atoms with E-state index < -0.39 is 0 Å². The third-order valence-corrected chi connectivity index (χ3v) is 4.29. The fraction of sp³-hybridized carbons (Fsp3) is 0.750. The Morgan fingerprint density at radius 2 is 2.44 bits per heavy atom. The van der Waals surface area contributed by atoms with Gasteiger partial charge in [-0.1, -0.05) is 13.3 Å². The molecule has 0 aliphatic heterocycles. The third kappa shape index (κ3) is 3.03. The van der Waals surface area contributed by atoms with E-state index in [4.69, 9.17) is 5.11 Å². The van der Waals surface area contributed by atoms with Crippen molar-refractivity contribution >= 4 is 11.3 Å². The van der Waals surface area contributed by atoms with E-state index in [2.05, 4.69) is 10.3 Å². The molecule has 1 atom stereocenters. The first-order chi connectivity index (χ1) is 7.79. The monoisotopic (exact) mass is 240 g/mol. The molecule has 0 spiro atoms. The molecule has 90 valence electrons. The minimum Gasteiger partial charge on any atom is -0.396 e. The van der Waals surface area contributed by atoms with E-state index >= 15 is 0 Å². The van der Waals surface area contributed by atoms with Crippen molar-refractivity contribution in [3.05, 3.63) is 16.1 Å². The number of aliphatic hydroxyl groups excluding tert-OH is 1. The molecule has 1 heterocycles. The van der Waals surface area contributed by atoms with Gasteiger partial charge in [0.05, 0.1) is 5.01 Å². The molecule has 0 saturated heterocycles. The lowest BCUT2D eigenvalue weighted by Crippen LogP contribution is -2.22. The van der Waals surface area contributed by atoms with Crippen molar-refractivity contribution in [1.82, 2.24) is 10.3 Å². The van der Waals surface area contributed by atoms with Crippen LogP contribution >= 0.6 is 11.3 Å². The summed E-state index contributed by atoms with van der Waals surface area (Å²) in [7, 11) is 0. The zero-order chi connectivity index (χ0) is 11.4. The van der Waals surface area contributed by atoms with Gasteiger partial charge in [0.1, 0.15) is 0 Å². The molecule has 1 unspecified atom stereocenters. The van der Waals surface area contributed by atoms with Gasteiger partial charge in [0.15, 0.2) is 0 Å². The molecule has 0 bridgehead atoms. The Balaban J connectivity index is 1.74. The van der Waals surface area contributed by atoms with Crippen LogP contribution in [0.2, 0.25) is 0 Å². The second-order valence-electron chi connectivity index (χ2n) is 4.71. The molecule has 1 saturated carbocycles. The van der Waals surface area contributed by atoms with Crippen LogP contribution in [-0.4, -0.2) is 23.2 Å². The lowest BCUT2D eigenvalue weighted by atomic mass is 9.86. The number of hydrogen-bond donors (Lipinski definition) is 2. The molecule has 0 aromatic carbocycles. The second-order valence-corrected chi connectivity index (χ2v) is 5.86. The summed E-state index contributed by atoms with van der Waals surface area (Å²) >= 11 is 1.84. The summed E-state index contributed by atoms with van der Waals surface area (Å²) in [4.78, 5) is 5.80. The summed E-state index contributed by atoms with van der Waals surface area (Å²) in [5.41, 5.74) is 0. The Kier molecular flexibility index (Phi) is 4.32. The van der Waals surface area contributed by atoms with Crippen molar-refractivity contribution < 1.29 is 5.11 Å². The number of thiazole rings is 1. The fourth-order valence-corrected chi connectivity index (χ4v) is 2.81. The molecular formula is C12H20N2OS. The molecular weight excluding hydrogens is 220 g/mol. The van der Waals surface area contributed by atoms with Crippen molar-refractivity contribution in [2.45, 2.75) is 38.6 Å². The SMILES string of the molecule is CC(CO)CNCc1cnc(C2CCC2)s1. The Morgan fingerprint density at radius 3 is 3.06 bits per heavy atom. The van der Waals surface area contributed by atoms with Crippen molar-refractivity contribution in [3.8, 4) is 0 Å². The molecule has 0 amide bonds. The van der Waals surface area contributed by atoms with E-state index in [9.17, 15) is 0 Å². The highest BCUT2D eigenvalue weighted by Crippen LogP contribution is 2.38. The van der Waals surface area contributed by atoms with Gasteiger partial charge in [0, 0.05) is 36.7 Å². The summed E-state index contributed by atoms with van der Waals surface area (Å²) in [5, 5.41) is 13.6. The summed E-state index contributed by atoms with van der Waals surface area (Å²) in [6.07, 6.45) is 6.00. The van der Waals surface area contributed by atoms with Crippen LogP contribution in [-0.2, 0) is 6.54 Å². The minimum atomic E-state index is 0.253. The molecule has 16 heavy (non-hydrogen) atoms. The molecule has 1 aromatic rings. The van der Waals surface area contributed by atoms with E-state index in [0.717, 1.165) is 19.0 Å². The molecule has 1 fully saturated rings.